The van der Waals surface area contributed by atoms with Crippen molar-refractivity contribution < 1.29 is 14.3 Å². The molecule has 0 aliphatic rings. The quantitative estimate of drug-likeness (QED) is 0.766. The van der Waals surface area contributed by atoms with Crippen LogP contribution in [0.4, 0.5) is 11.5 Å². The van der Waals surface area contributed by atoms with Gasteiger partial charge in [-0.1, -0.05) is 13.8 Å². The number of hydrogen-bond donors (Lipinski definition) is 2. The number of carbonyl (C=O) groups is 1. The summed E-state index contributed by atoms with van der Waals surface area (Å²) < 4.78 is 10.5. The number of amides is 1. The molecular formula is C18H24N4O3. The second kappa shape index (κ2) is 8.86. The van der Waals surface area contributed by atoms with Gasteiger partial charge in [0.1, 0.15) is 23.0 Å². The third kappa shape index (κ3) is 5.34. The van der Waals surface area contributed by atoms with E-state index in [1.807, 2.05) is 12.1 Å². The number of rotatable bonds is 8. The number of nitrogens with zero attached hydrogens (tertiary/aromatic N) is 2. The lowest BCUT2D eigenvalue weighted by Gasteiger charge is -2.12. The van der Waals surface area contributed by atoms with E-state index < -0.39 is 0 Å². The Morgan fingerprint density at radius 3 is 2.56 bits per heavy atom. The van der Waals surface area contributed by atoms with E-state index in [-0.39, 0.29) is 11.6 Å². The molecule has 1 amide bonds. The van der Waals surface area contributed by atoms with E-state index in [0.29, 0.717) is 29.8 Å². The van der Waals surface area contributed by atoms with Crippen molar-refractivity contribution in [1.29, 1.82) is 0 Å². The van der Waals surface area contributed by atoms with Crippen LogP contribution in [-0.4, -0.2) is 36.6 Å². The number of nitrogens with one attached hydrogen (secondary N) is 2. The highest BCUT2D eigenvalue weighted by Gasteiger charge is 2.10. The van der Waals surface area contributed by atoms with Gasteiger partial charge in [-0.2, -0.15) is 0 Å². The van der Waals surface area contributed by atoms with E-state index in [1.54, 1.807) is 20.3 Å². The van der Waals surface area contributed by atoms with Crippen molar-refractivity contribution in [3.63, 3.8) is 0 Å². The zero-order valence-corrected chi connectivity index (χ0v) is 15.0. The molecule has 0 aliphatic heterocycles. The van der Waals surface area contributed by atoms with E-state index in [1.165, 1.54) is 12.4 Å². The molecule has 0 aliphatic carbocycles. The summed E-state index contributed by atoms with van der Waals surface area (Å²) in [6.45, 7) is 4.85. The maximum absolute atomic E-state index is 12.0. The highest BCUT2D eigenvalue weighted by Crippen LogP contribution is 2.30. The molecule has 2 rings (SSSR count). The van der Waals surface area contributed by atoms with Gasteiger partial charge in [-0.25, -0.2) is 9.97 Å². The Kier molecular flexibility index (Phi) is 6.56. The average molecular weight is 344 g/mol. The summed E-state index contributed by atoms with van der Waals surface area (Å²) in [6, 6.07) is 5.41. The molecule has 0 atom stereocenters. The summed E-state index contributed by atoms with van der Waals surface area (Å²) in [7, 11) is 3.18. The minimum atomic E-state index is -0.221. The zero-order valence-electron chi connectivity index (χ0n) is 15.0. The average Bonchev–Trinajstić information content (AvgIpc) is 2.62. The Bertz CT molecular complexity index is 702. The lowest BCUT2D eigenvalue weighted by Crippen LogP contribution is -2.26. The molecule has 1 aromatic heterocycles. The van der Waals surface area contributed by atoms with Crippen LogP contribution in [0.1, 0.15) is 30.8 Å². The molecule has 7 nitrogen and oxygen atoms in total. The number of ether oxygens (including phenoxy) is 2. The van der Waals surface area contributed by atoms with E-state index >= 15 is 0 Å². The van der Waals surface area contributed by atoms with E-state index in [4.69, 9.17) is 9.47 Å². The number of hydrogen-bond acceptors (Lipinski definition) is 6. The predicted molar refractivity (Wildman–Crippen MR) is 96.6 cm³/mol. The summed E-state index contributed by atoms with van der Waals surface area (Å²) in [5.74, 6) is 2.15. The first-order chi connectivity index (χ1) is 12.0. The number of anilines is 2. The predicted octanol–water partition coefficient (Wildman–Crippen LogP) is 3.01. The fourth-order valence-corrected chi connectivity index (χ4v) is 2.11. The zero-order chi connectivity index (χ0) is 18.2. The van der Waals surface area contributed by atoms with Crippen LogP contribution < -0.4 is 20.1 Å². The lowest BCUT2D eigenvalue weighted by molar-refractivity contribution is 0.0946. The van der Waals surface area contributed by atoms with Crippen LogP contribution in [0.2, 0.25) is 0 Å². The number of carbonyl (C=O) groups excluding carboxylic acids is 1. The monoisotopic (exact) mass is 344 g/mol. The van der Waals surface area contributed by atoms with Crippen LogP contribution in [-0.2, 0) is 0 Å². The highest BCUT2D eigenvalue weighted by molar-refractivity contribution is 5.92. The maximum atomic E-state index is 12.0. The molecule has 25 heavy (non-hydrogen) atoms. The molecule has 2 aromatic rings. The molecule has 134 valence electrons. The molecule has 0 saturated carbocycles. The van der Waals surface area contributed by atoms with Crippen LogP contribution in [0.5, 0.6) is 11.5 Å². The van der Waals surface area contributed by atoms with Gasteiger partial charge in [-0.05, 0) is 24.5 Å². The maximum Gasteiger partial charge on any atom is 0.271 e. The van der Waals surface area contributed by atoms with Crippen molar-refractivity contribution in [2.75, 3.05) is 26.1 Å². The first-order valence-electron chi connectivity index (χ1n) is 8.12. The largest absolute Gasteiger partial charge is 0.497 e. The standard InChI is InChI=1S/C18H24N4O3/c1-12(2)7-8-19-18(23)15-10-21-17(11-20-15)22-14-6-5-13(24-3)9-16(14)25-4/h5-6,9-12H,7-8H2,1-4H3,(H,19,23)(H,21,22). The van der Waals surface area contributed by atoms with Gasteiger partial charge in [-0.15, -0.1) is 0 Å². The fourth-order valence-electron chi connectivity index (χ4n) is 2.11. The van der Waals surface area contributed by atoms with Crippen molar-refractivity contribution in [2.24, 2.45) is 5.92 Å². The molecule has 1 heterocycles. The van der Waals surface area contributed by atoms with Crippen LogP contribution >= 0.6 is 0 Å². The normalized spacial score (nSPS) is 10.4. The first-order valence-corrected chi connectivity index (χ1v) is 8.12. The fraction of sp³-hybridized carbons (Fsp3) is 0.389. The van der Waals surface area contributed by atoms with Crippen molar-refractivity contribution in [3.05, 3.63) is 36.3 Å². The van der Waals surface area contributed by atoms with Gasteiger partial charge >= 0.3 is 0 Å². The first kappa shape index (κ1) is 18.5. The van der Waals surface area contributed by atoms with E-state index in [0.717, 1.165) is 12.1 Å². The molecule has 0 radical (unpaired) electrons. The molecule has 2 N–H and O–H groups in total. The molecule has 0 fully saturated rings. The Labute approximate surface area is 147 Å². The van der Waals surface area contributed by atoms with Gasteiger partial charge in [0, 0.05) is 12.6 Å². The van der Waals surface area contributed by atoms with Crippen molar-refractivity contribution in [2.45, 2.75) is 20.3 Å². The van der Waals surface area contributed by atoms with E-state index in [2.05, 4.69) is 34.4 Å². The van der Waals surface area contributed by atoms with Gasteiger partial charge < -0.3 is 20.1 Å². The Balaban J connectivity index is 2.02. The molecule has 0 saturated heterocycles. The second-order valence-electron chi connectivity index (χ2n) is 5.92. The van der Waals surface area contributed by atoms with Crippen molar-refractivity contribution in [1.82, 2.24) is 15.3 Å². The third-order valence-electron chi connectivity index (χ3n) is 3.56. The number of benzene rings is 1. The van der Waals surface area contributed by atoms with Crippen molar-refractivity contribution in [3.8, 4) is 11.5 Å². The highest BCUT2D eigenvalue weighted by atomic mass is 16.5. The summed E-state index contributed by atoms with van der Waals surface area (Å²) in [5.41, 5.74) is 1.02. The number of aromatic nitrogens is 2. The third-order valence-corrected chi connectivity index (χ3v) is 3.56. The minimum Gasteiger partial charge on any atom is -0.497 e. The Hall–Kier alpha value is -2.83. The summed E-state index contributed by atoms with van der Waals surface area (Å²) in [5, 5.41) is 5.95. The smallest absolute Gasteiger partial charge is 0.271 e. The van der Waals surface area contributed by atoms with Crippen LogP contribution in [0.3, 0.4) is 0 Å². The molecule has 7 heteroatoms. The van der Waals surface area contributed by atoms with Gasteiger partial charge in [0.2, 0.25) is 0 Å². The van der Waals surface area contributed by atoms with Crippen LogP contribution in [0.25, 0.3) is 0 Å². The van der Waals surface area contributed by atoms with Gasteiger partial charge in [-0.3, -0.25) is 4.79 Å². The van der Waals surface area contributed by atoms with Crippen LogP contribution in [0, 0.1) is 5.92 Å². The van der Waals surface area contributed by atoms with Crippen LogP contribution in [0.15, 0.2) is 30.6 Å². The van der Waals surface area contributed by atoms with Gasteiger partial charge in [0.15, 0.2) is 0 Å². The molecule has 0 spiro atoms. The summed E-state index contributed by atoms with van der Waals surface area (Å²) in [4.78, 5) is 20.4. The summed E-state index contributed by atoms with van der Waals surface area (Å²) >= 11 is 0. The van der Waals surface area contributed by atoms with E-state index in [9.17, 15) is 4.79 Å². The lowest BCUT2D eigenvalue weighted by atomic mass is 10.1. The Morgan fingerprint density at radius 1 is 1.16 bits per heavy atom. The van der Waals surface area contributed by atoms with Crippen molar-refractivity contribution >= 4 is 17.4 Å². The minimum absolute atomic E-state index is 0.221. The Morgan fingerprint density at radius 2 is 1.96 bits per heavy atom. The molecule has 0 unspecified atom stereocenters. The molecular weight excluding hydrogens is 320 g/mol. The SMILES string of the molecule is COc1ccc(Nc2cnc(C(=O)NCCC(C)C)cn2)c(OC)c1. The molecule has 1 aromatic carbocycles. The number of methoxy groups -OCH3 is 2. The summed E-state index contributed by atoms with van der Waals surface area (Å²) in [6.07, 6.45) is 3.89. The van der Waals surface area contributed by atoms with Gasteiger partial charge in [0.05, 0.1) is 32.3 Å². The topological polar surface area (TPSA) is 85.4 Å². The van der Waals surface area contributed by atoms with Gasteiger partial charge in [0.25, 0.3) is 5.91 Å². The second-order valence-corrected chi connectivity index (χ2v) is 5.92. The molecule has 0 bridgehead atoms.